The van der Waals surface area contributed by atoms with Crippen molar-refractivity contribution in [1.82, 2.24) is 10.3 Å². The van der Waals surface area contributed by atoms with Crippen LogP contribution in [0.2, 0.25) is 0 Å². The first-order valence-electron chi connectivity index (χ1n) is 7.14. The van der Waals surface area contributed by atoms with Crippen molar-refractivity contribution in [3.63, 3.8) is 0 Å². The van der Waals surface area contributed by atoms with Crippen molar-refractivity contribution >= 4 is 28.3 Å². The minimum absolute atomic E-state index is 0.323. The lowest BCUT2D eigenvalue weighted by atomic mass is 9.89. The van der Waals surface area contributed by atoms with Gasteiger partial charge in [-0.05, 0) is 24.7 Å². The predicted molar refractivity (Wildman–Crippen MR) is 83.9 cm³/mol. The molecule has 3 rings (SSSR count). The largest absolute Gasteiger partial charge is 0.356 e. The normalized spacial score (nSPS) is 23.3. The lowest BCUT2D eigenvalue weighted by Crippen LogP contribution is -2.35. The van der Waals surface area contributed by atoms with Gasteiger partial charge in [-0.3, -0.25) is 4.99 Å². The molecule has 2 aliphatic rings. The highest BCUT2D eigenvalue weighted by Crippen LogP contribution is 2.43. The van der Waals surface area contributed by atoms with Gasteiger partial charge in [0.15, 0.2) is 5.17 Å². The molecule has 1 aliphatic heterocycles. The highest BCUT2D eigenvalue weighted by atomic mass is 32.2. The fourth-order valence-electron chi connectivity index (χ4n) is 2.96. The second-order valence-corrected chi connectivity index (χ2v) is 7.48. The molecule has 0 saturated heterocycles. The van der Waals surface area contributed by atoms with E-state index in [-0.39, 0.29) is 0 Å². The molecule has 0 radical (unpaired) electrons. The van der Waals surface area contributed by atoms with Crippen LogP contribution in [-0.4, -0.2) is 22.4 Å². The third-order valence-electron chi connectivity index (χ3n) is 4.19. The maximum Gasteiger partial charge on any atom is 0.157 e. The topological polar surface area (TPSA) is 37.3 Å². The molecule has 2 heterocycles. The van der Waals surface area contributed by atoms with Crippen LogP contribution < -0.4 is 5.32 Å². The van der Waals surface area contributed by atoms with Crippen LogP contribution in [0.1, 0.15) is 50.1 Å². The van der Waals surface area contributed by atoms with E-state index in [1.165, 1.54) is 36.4 Å². The van der Waals surface area contributed by atoms with E-state index in [1.54, 1.807) is 11.3 Å². The Balaban J connectivity index is 1.62. The summed E-state index contributed by atoms with van der Waals surface area (Å²) in [5.74, 6) is 1.24. The van der Waals surface area contributed by atoms with E-state index in [0.29, 0.717) is 11.5 Å². The maximum atomic E-state index is 4.81. The number of rotatable bonds is 3. The summed E-state index contributed by atoms with van der Waals surface area (Å²) in [6.07, 6.45) is 8.48. The van der Waals surface area contributed by atoms with Gasteiger partial charge in [-0.25, -0.2) is 4.98 Å². The van der Waals surface area contributed by atoms with E-state index in [4.69, 9.17) is 4.99 Å². The Kier molecular flexibility index (Phi) is 4.12. The molecular formula is C14H21N3S2. The van der Waals surface area contributed by atoms with E-state index in [9.17, 15) is 0 Å². The van der Waals surface area contributed by atoms with Crippen molar-refractivity contribution in [3.8, 4) is 0 Å². The van der Waals surface area contributed by atoms with Gasteiger partial charge in [-0.15, -0.1) is 11.3 Å². The zero-order valence-electron chi connectivity index (χ0n) is 11.4. The number of thioether (sulfide) groups is 1. The van der Waals surface area contributed by atoms with Crippen molar-refractivity contribution in [2.24, 2.45) is 10.4 Å². The summed E-state index contributed by atoms with van der Waals surface area (Å²) in [6.45, 7) is 3.22. The molecule has 1 fully saturated rings. The molecule has 1 atom stereocenters. The molecule has 3 nitrogen and oxygen atoms in total. The third-order valence-corrected chi connectivity index (χ3v) is 6.36. The van der Waals surface area contributed by atoms with Gasteiger partial charge in [0, 0.05) is 23.9 Å². The number of amidine groups is 1. The average molecular weight is 295 g/mol. The van der Waals surface area contributed by atoms with Gasteiger partial charge in [0.05, 0.1) is 6.04 Å². The highest BCUT2D eigenvalue weighted by Gasteiger charge is 2.36. The minimum atomic E-state index is 0.323. The molecule has 104 valence electrons. The molecule has 0 bridgehead atoms. The number of thiazole rings is 1. The van der Waals surface area contributed by atoms with Crippen LogP contribution in [-0.2, 0) is 0 Å². The van der Waals surface area contributed by atoms with Gasteiger partial charge in [0.1, 0.15) is 5.01 Å². The number of nitrogens with one attached hydrogen (secondary N) is 1. The van der Waals surface area contributed by atoms with E-state index in [1.807, 2.05) is 23.3 Å². The van der Waals surface area contributed by atoms with E-state index in [2.05, 4.69) is 17.2 Å². The summed E-state index contributed by atoms with van der Waals surface area (Å²) in [7, 11) is 0. The van der Waals surface area contributed by atoms with Crippen LogP contribution in [0.4, 0.5) is 0 Å². The molecule has 5 heteroatoms. The first-order valence-corrected chi connectivity index (χ1v) is 9.01. The van der Waals surface area contributed by atoms with Crippen molar-refractivity contribution in [1.29, 1.82) is 0 Å². The standard InChI is InChI=1S/C14H21N3S2/c1-2-11(12-15-7-8-18-12)17-13-16-9-14(10-19-13)5-3-4-6-14/h7-8,11H,2-6,9-10H2,1H3,(H,16,17). The van der Waals surface area contributed by atoms with Crippen LogP contribution in [0.15, 0.2) is 16.6 Å². The summed E-state index contributed by atoms with van der Waals surface area (Å²) in [4.78, 5) is 9.22. The first-order chi connectivity index (χ1) is 9.31. The molecule has 1 aliphatic carbocycles. The Hall–Kier alpha value is -0.550. The molecule has 19 heavy (non-hydrogen) atoms. The molecular weight excluding hydrogens is 274 g/mol. The predicted octanol–water partition coefficient (Wildman–Crippen LogP) is 3.85. The van der Waals surface area contributed by atoms with Crippen molar-refractivity contribution < 1.29 is 0 Å². The summed E-state index contributed by atoms with van der Waals surface area (Å²) >= 11 is 3.64. The lowest BCUT2D eigenvalue weighted by molar-refractivity contribution is 0.358. The number of nitrogens with zero attached hydrogens (tertiary/aromatic N) is 2. The van der Waals surface area contributed by atoms with Crippen LogP contribution in [0, 0.1) is 5.41 Å². The minimum Gasteiger partial charge on any atom is -0.356 e. The third kappa shape index (κ3) is 2.97. The fraction of sp³-hybridized carbons (Fsp3) is 0.714. The molecule has 0 amide bonds. The Morgan fingerprint density at radius 3 is 2.84 bits per heavy atom. The maximum absolute atomic E-state index is 4.81. The second kappa shape index (κ2) is 5.83. The Labute approximate surface area is 123 Å². The molecule has 1 aromatic rings. The Morgan fingerprint density at radius 1 is 1.42 bits per heavy atom. The number of hydrogen-bond acceptors (Lipinski definition) is 5. The SMILES string of the molecule is CCC(NC1=NCC2(CCCC2)CS1)c1nccs1. The van der Waals surface area contributed by atoms with Gasteiger partial charge in [0.2, 0.25) is 0 Å². The molecule has 1 aromatic heterocycles. The Morgan fingerprint density at radius 2 is 2.26 bits per heavy atom. The second-order valence-electron chi connectivity index (χ2n) is 5.59. The van der Waals surface area contributed by atoms with E-state index < -0.39 is 0 Å². The number of hydrogen-bond donors (Lipinski definition) is 1. The average Bonchev–Trinajstić information content (AvgIpc) is 3.10. The van der Waals surface area contributed by atoms with Crippen LogP contribution in [0.3, 0.4) is 0 Å². The Bertz CT molecular complexity index is 436. The number of aromatic nitrogens is 1. The van der Waals surface area contributed by atoms with Gasteiger partial charge in [0.25, 0.3) is 0 Å². The van der Waals surface area contributed by atoms with Crippen LogP contribution in [0.25, 0.3) is 0 Å². The fourth-order valence-corrected chi connectivity index (χ4v) is 4.94. The smallest absolute Gasteiger partial charge is 0.157 e. The van der Waals surface area contributed by atoms with Gasteiger partial charge in [-0.1, -0.05) is 31.5 Å². The summed E-state index contributed by atoms with van der Waals surface area (Å²) in [5.41, 5.74) is 0.527. The molecule has 1 saturated carbocycles. The zero-order chi connectivity index (χ0) is 13.1. The molecule has 1 unspecified atom stereocenters. The van der Waals surface area contributed by atoms with E-state index in [0.717, 1.165) is 18.1 Å². The zero-order valence-corrected chi connectivity index (χ0v) is 13.0. The quantitative estimate of drug-likeness (QED) is 0.920. The summed E-state index contributed by atoms with van der Waals surface area (Å²) < 4.78 is 0. The molecule has 0 aromatic carbocycles. The molecule has 1 N–H and O–H groups in total. The van der Waals surface area contributed by atoms with Gasteiger partial charge in [-0.2, -0.15) is 0 Å². The van der Waals surface area contributed by atoms with Crippen LogP contribution in [0.5, 0.6) is 0 Å². The van der Waals surface area contributed by atoms with Crippen molar-refractivity contribution in [3.05, 3.63) is 16.6 Å². The first kappa shape index (κ1) is 13.4. The highest BCUT2D eigenvalue weighted by molar-refractivity contribution is 8.13. The summed E-state index contributed by atoms with van der Waals surface area (Å²) in [6, 6.07) is 0.323. The molecule has 1 spiro atoms. The van der Waals surface area contributed by atoms with Crippen LogP contribution >= 0.6 is 23.1 Å². The number of aliphatic imine (C=N–C) groups is 1. The monoisotopic (exact) mass is 295 g/mol. The summed E-state index contributed by atoms with van der Waals surface area (Å²) in [5, 5.41) is 7.92. The van der Waals surface area contributed by atoms with Gasteiger partial charge >= 0.3 is 0 Å². The van der Waals surface area contributed by atoms with Crippen molar-refractivity contribution in [2.75, 3.05) is 12.3 Å². The van der Waals surface area contributed by atoms with Crippen molar-refractivity contribution in [2.45, 2.75) is 45.1 Å². The van der Waals surface area contributed by atoms with Gasteiger partial charge < -0.3 is 5.32 Å². The van der Waals surface area contributed by atoms with E-state index >= 15 is 0 Å². The lowest BCUT2D eigenvalue weighted by Gasteiger charge is -2.32.